The summed E-state index contributed by atoms with van der Waals surface area (Å²) in [6.07, 6.45) is 4.01. The quantitative estimate of drug-likeness (QED) is 0.293. The highest BCUT2D eigenvalue weighted by Gasteiger charge is 2.27. The Balaban J connectivity index is 2.24. The highest BCUT2D eigenvalue weighted by molar-refractivity contribution is 6.42. The number of carbonyl (C=O) groups excluding carboxylic acids is 1. The second kappa shape index (κ2) is 9.26. The average molecular weight is 426 g/mol. The first-order valence-corrected chi connectivity index (χ1v) is 11.2. The molecule has 0 fully saturated rings. The van der Waals surface area contributed by atoms with Crippen molar-refractivity contribution in [3.63, 3.8) is 0 Å². The summed E-state index contributed by atoms with van der Waals surface area (Å²) in [5.41, 5.74) is 1.42. The van der Waals surface area contributed by atoms with Gasteiger partial charge in [-0.15, -0.1) is 0 Å². The molecule has 0 unspecified atom stereocenters. The van der Waals surface area contributed by atoms with Gasteiger partial charge in [-0.1, -0.05) is 80.3 Å². The van der Waals surface area contributed by atoms with Crippen molar-refractivity contribution in [2.75, 3.05) is 11.4 Å². The van der Waals surface area contributed by atoms with E-state index in [9.17, 15) is 4.79 Å². The smallest absolute Gasteiger partial charge is 0.414 e. The normalized spacial score (nSPS) is 11.8. The number of ether oxygens (including phenoxy) is 1. The van der Waals surface area contributed by atoms with Gasteiger partial charge in [0, 0.05) is 28.1 Å². The van der Waals surface area contributed by atoms with E-state index >= 15 is 0 Å². The molecule has 3 aromatic rings. The molecule has 0 atom stereocenters. The number of halogens is 1. The van der Waals surface area contributed by atoms with Crippen LogP contribution in [0.3, 0.4) is 0 Å². The largest absolute Gasteiger partial charge is 0.443 e. The van der Waals surface area contributed by atoms with E-state index in [4.69, 9.17) is 16.3 Å². The number of carbonyl (C=O) groups is 1. The number of anilines is 1. The SMILES string of the molecule is CCCCCCN(C(=O)OC(C)(C)C)c1c2ccccc2c(Cl)c2c(C)cccc12. The molecule has 0 radical (unpaired) electrons. The molecule has 0 heterocycles. The molecule has 0 bridgehead atoms. The standard InChI is InChI=1S/C26H32ClNO2/c1-6-7-8-11-17-28(25(29)30-26(3,4)5)24-20-15-10-9-14-19(20)23(27)22-18(2)13-12-16-21(22)24/h9-10,12-16H,6-8,11,17H2,1-5H3. The third kappa shape index (κ3) is 4.73. The molecular weight excluding hydrogens is 394 g/mol. The Bertz CT molecular complexity index is 1050. The van der Waals surface area contributed by atoms with Crippen molar-refractivity contribution in [1.29, 1.82) is 0 Å². The second-order valence-electron chi connectivity index (χ2n) is 8.90. The van der Waals surface area contributed by atoms with Gasteiger partial charge in [0.1, 0.15) is 5.60 Å². The van der Waals surface area contributed by atoms with Gasteiger partial charge in [-0.25, -0.2) is 4.79 Å². The van der Waals surface area contributed by atoms with Crippen molar-refractivity contribution < 1.29 is 9.53 Å². The van der Waals surface area contributed by atoms with Gasteiger partial charge < -0.3 is 4.74 Å². The lowest BCUT2D eigenvalue weighted by Crippen LogP contribution is -2.37. The van der Waals surface area contributed by atoms with Gasteiger partial charge in [-0.2, -0.15) is 0 Å². The fraction of sp³-hybridized carbons (Fsp3) is 0.423. The van der Waals surface area contributed by atoms with Crippen LogP contribution in [0.15, 0.2) is 42.5 Å². The van der Waals surface area contributed by atoms with Gasteiger partial charge in [0.25, 0.3) is 0 Å². The van der Waals surface area contributed by atoms with Gasteiger partial charge in [0.05, 0.1) is 10.7 Å². The Kier molecular flexibility index (Phi) is 6.92. The number of fused-ring (bicyclic) bond motifs is 2. The molecule has 0 spiro atoms. The van der Waals surface area contributed by atoms with Gasteiger partial charge in [0.2, 0.25) is 0 Å². The number of benzene rings is 3. The molecule has 3 aromatic carbocycles. The van der Waals surface area contributed by atoms with Crippen LogP contribution in [-0.2, 0) is 4.74 Å². The summed E-state index contributed by atoms with van der Waals surface area (Å²) in [4.78, 5) is 15.2. The molecule has 0 saturated heterocycles. The van der Waals surface area contributed by atoms with Gasteiger partial charge in [0.15, 0.2) is 0 Å². The Morgan fingerprint density at radius 3 is 2.30 bits per heavy atom. The predicted octanol–water partition coefficient (Wildman–Crippen LogP) is 8.28. The van der Waals surface area contributed by atoms with Crippen LogP contribution < -0.4 is 4.90 Å². The monoisotopic (exact) mass is 425 g/mol. The molecule has 3 nitrogen and oxygen atoms in total. The number of hydrogen-bond acceptors (Lipinski definition) is 2. The lowest BCUT2D eigenvalue weighted by Gasteiger charge is -2.30. The summed E-state index contributed by atoms with van der Waals surface area (Å²) < 4.78 is 5.82. The molecule has 0 saturated carbocycles. The summed E-state index contributed by atoms with van der Waals surface area (Å²) in [6.45, 7) is 10.6. The fourth-order valence-corrected chi connectivity index (χ4v) is 4.33. The third-order valence-electron chi connectivity index (χ3n) is 5.29. The first-order valence-electron chi connectivity index (χ1n) is 10.8. The number of rotatable bonds is 6. The topological polar surface area (TPSA) is 29.5 Å². The van der Waals surface area contributed by atoms with Crippen LogP contribution >= 0.6 is 11.6 Å². The van der Waals surface area contributed by atoms with Crippen molar-refractivity contribution in [3.8, 4) is 0 Å². The van der Waals surface area contributed by atoms with Crippen LogP contribution in [0.4, 0.5) is 10.5 Å². The maximum absolute atomic E-state index is 13.4. The van der Waals surface area contributed by atoms with Crippen LogP contribution in [0.1, 0.15) is 58.9 Å². The zero-order chi connectivity index (χ0) is 21.9. The highest BCUT2D eigenvalue weighted by atomic mass is 35.5. The molecular formula is C26H32ClNO2. The third-order valence-corrected chi connectivity index (χ3v) is 5.68. The number of aryl methyl sites for hydroxylation is 1. The van der Waals surface area contributed by atoms with Crippen molar-refractivity contribution in [2.24, 2.45) is 0 Å². The minimum absolute atomic E-state index is 0.311. The predicted molar refractivity (Wildman–Crippen MR) is 129 cm³/mol. The molecule has 1 amide bonds. The zero-order valence-electron chi connectivity index (χ0n) is 18.7. The lowest BCUT2D eigenvalue weighted by molar-refractivity contribution is 0.0580. The van der Waals surface area contributed by atoms with Crippen LogP contribution in [0.2, 0.25) is 5.02 Å². The molecule has 0 aliphatic rings. The maximum atomic E-state index is 13.4. The fourth-order valence-electron chi connectivity index (χ4n) is 3.92. The van der Waals surface area contributed by atoms with E-state index in [0.717, 1.165) is 63.5 Å². The molecule has 0 aliphatic carbocycles. The van der Waals surface area contributed by atoms with E-state index in [0.29, 0.717) is 6.54 Å². The highest BCUT2D eigenvalue weighted by Crippen LogP contribution is 2.43. The summed E-state index contributed by atoms with van der Waals surface area (Å²) in [6, 6.07) is 14.2. The van der Waals surface area contributed by atoms with Crippen molar-refractivity contribution in [2.45, 2.75) is 65.9 Å². The van der Waals surface area contributed by atoms with Crippen molar-refractivity contribution in [3.05, 3.63) is 53.1 Å². The van der Waals surface area contributed by atoms with Gasteiger partial charge in [-0.05, 0) is 39.7 Å². The molecule has 3 rings (SSSR count). The number of amides is 1. The maximum Gasteiger partial charge on any atom is 0.414 e. The Morgan fingerprint density at radius 1 is 0.967 bits per heavy atom. The minimum Gasteiger partial charge on any atom is -0.443 e. The molecule has 160 valence electrons. The molecule has 0 aliphatic heterocycles. The molecule has 4 heteroatoms. The first kappa shape index (κ1) is 22.4. The van der Waals surface area contributed by atoms with Gasteiger partial charge in [-0.3, -0.25) is 4.90 Å². The van der Waals surface area contributed by atoms with E-state index in [2.05, 4.69) is 26.0 Å². The zero-order valence-corrected chi connectivity index (χ0v) is 19.5. The first-order chi connectivity index (χ1) is 14.2. The van der Waals surface area contributed by atoms with E-state index in [1.807, 2.05) is 56.0 Å². The average Bonchev–Trinajstić information content (AvgIpc) is 2.68. The molecule has 0 N–H and O–H groups in total. The Morgan fingerprint density at radius 2 is 1.63 bits per heavy atom. The molecule has 30 heavy (non-hydrogen) atoms. The Hall–Kier alpha value is -2.26. The molecule has 0 aromatic heterocycles. The van der Waals surface area contributed by atoms with E-state index in [-0.39, 0.29) is 6.09 Å². The summed E-state index contributed by atoms with van der Waals surface area (Å²) in [5.74, 6) is 0. The number of hydrogen-bond donors (Lipinski definition) is 0. The van der Waals surface area contributed by atoms with Gasteiger partial charge >= 0.3 is 6.09 Å². The summed E-state index contributed by atoms with van der Waals surface area (Å²) >= 11 is 6.85. The van der Waals surface area contributed by atoms with Crippen LogP contribution in [-0.4, -0.2) is 18.2 Å². The lowest BCUT2D eigenvalue weighted by atomic mass is 9.97. The van der Waals surface area contributed by atoms with Crippen LogP contribution in [0, 0.1) is 6.92 Å². The summed E-state index contributed by atoms with van der Waals surface area (Å²) in [5, 5.41) is 4.65. The van der Waals surface area contributed by atoms with E-state index < -0.39 is 5.60 Å². The number of nitrogens with zero attached hydrogens (tertiary/aromatic N) is 1. The van der Waals surface area contributed by atoms with Crippen LogP contribution in [0.5, 0.6) is 0 Å². The Labute approximate surface area is 185 Å². The van der Waals surface area contributed by atoms with Crippen molar-refractivity contribution >= 4 is 44.9 Å². The summed E-state index contributed by atoms with van der Waals surface area (Å²) in [7, 11) is 0. The van der Waals surface area contributed by atoms with Crippen molar-refractivity contribution in [1.82, 2.24) is 0 Å². The van der Waals surface area contributed by atoms with Crippen LogP contribution in [0.25, 0.3) is 21.5 Å². The minimum atomic E-state index is -0.563. The van der Waals surface area contributed by atoms with E-state index in [1.165, 1.54) is 0 Å². The number of unbranched alkanes of at least 4 members (excludes halogenated alkanes) is 3. The second-order valence-corrected chi connectivity index (χ2v) is 9.28. The van der Waals surface area contributed by atoms with E-state index in [1.54, 1.807) is 0 Å².